The van der Waals surface area contributed by atoms with Crippen molar-refractivity contribution in [3.63, 3.8) is 0 Å². The van der Waals surface area contributed by atoms with Gasteiger partial charge in [-0.25, -0.2) is 4.39 Å². The van der Waals surface area contributed by atoms with Crippen LogP contribution >= 0.6 is 0 Å². The second-order valence-corrected chi connectivity index (χ2v) is 9.50. The number of nitrogens with zero attached hydrogens (tertiary/aromatic N) is 4. The van der Waals surface area contributed by atoms with Gasteiger partial charge in [0.25, 0.3) is 10.0 Å². The van der Waals surface area contributed by atoms with E-state index in [9.17, 15) is 17.6 Å². The number of carbonyl (C=O) groups is 1. The molecule has 1 aliphatic heterocycles. The summed E-state index contributed by atoms with van der Waals surface area (Å²) in [5, 5.41) is 9.02. The molecule has 1 heterocycles. The number of rotatable bonds is 6. The first-order valence-corrected chi connectivity index (χ1v) is 11.9. The molecule has 1 aliphatic rings. The van der Waals surface area contributed by atoms with Crippen LogP contribution in [-0.2, 0) is 27.9 Å². The third-order valence-corrected chi connectivity index (χ3v) is 6.74. The fourth-order valence-electron chi connectivity index (χ4n) is 3.73. The molecule has 0 aliphatic carbocycles. The molecule has 34 heavy (non-hydrogen) atoms. The topological polar surface area (TPSA) is 93.8 Å². The Labute approximate surface area is 197 Å². The van der Waals surface area contributed by atoms with Crippen molar-refractivity contribution in [1.29, 1.82) is 5.26 Å². The van der Waals surface area contributed by atoms with Crippen LogP contribution in [0.1, 0.15) is 22.3 Å². The molecular formula is C25H21FN4O3S. The van der Waals surface area contributed by atoms with Gasteiger partial charge in [-0.3, -0.25) is 4.79 Å². The highest BCUT2D eigenvalue weighted by Gasteiger charge is 2.31. The molecule has 0 fully saturated rings. The highest BCUT2D eigenvalue weighted by Crippen LogP contribution is 2.27. The fourth-order valence-corrected chi connectivity index (χ4v) is 4.99. The standard InChI is InChI=1S/C25H21FN4O3S/c1-29(25-22-7-2-3-8-23(22)34(32,33)28-25)17-24(31)30(16-20-5-4-6-21(26)13-20)15-19-11-9-18(14-27)10-12-19/h2-13H,15-17H2,1H3. The molecule has 0 aromatic heterocycles. The molecule has 0 saturated carbocycles. The average molecular weight is 477 g/mol. The lowest BCUT2D eigenvalue weighted by Gasteiger charge is -2.27. The van der Waals surface area contributed by atoms with E-state index in [1.54, 1.807) is 66.5 Å². The Balaban J connectivity index is 1.57. The Kier molecular flexibility index (Phi) is 6.43. The summed E-state index contributed by atoms with van der Waals surface area (Å²) in [5.74, 6) is -0.490. The van der Waals surface area contributed by atoms with E-state index >= 15 is 0 Å². The largest absolute Gasteiger partial charge is 0.349 e. The monoisotopic (exact) mass is 476 g/mol. The van der Waals surface area contributed by atoms with Crippen LogP contribution in [0.4, 0.5) is 4.39 Å². The maximum Gasteiger partial charge on any atom is 0.285 e. The van der Waals surface area contributed by atoms with E-state index in [4.69, 9.17) is 5.26 Å². The molecule has 0 N–H and O–H groups in total. The molecule has 7 nitrogen and oxygen atoms in total. The highest BCUT2D eigenvalue weighted by molar-refractivity contribution is 7.90. The predicted molar refractivity (Wildman–Crippen MR) is 125 cm³/mol. The Bertz CT molecular complexity index is 1410. The van der Waals surface area contributed by atoms with Crippen LogP contribution in [0.25, 0.3) is 0 Å². The van der Waals surface area contributed by atoms with Gasteiger partial charge in [-0.1, -0.05) is 36.4 Å². The van der Waals surface area contributed by atoms with E-state index in [-0.39, 0.29) is 36.3 Å². The van der Waals surface area contributed by atoms with Gasteiger partial charge in [0.2, 0.25) is 5.91 Å². The molecule has 9 heteroatoms. The van der Waals surface area contributed by atoms with Crippen LogP contribution in [0.5, 0.6) is 0 Å². The first kappa shape index (κ1) is 23.1. The van der Waals surface area contributed by atoms with Gasteiger partial charge >= 0.3 is 0 Å². The summed E-state index contributed by atoms with van der Waals surface area (Å²) < 4.78 is 42.4. The smallest absolute Gasteiger partial charge is 0.285 e. The molecule has 1 amide bonds. The number of nitriles is 1. The number of fused-ring (bicyclic) bond motifs is 1. The van der Waals surface area contributed by atoms with E-state index in [2.05, 4.69) is 10.5 Å². The SMILES string of the molecule is CN(CC(=O)N(Cc1ccc(C#N)cc1)Cc1cccc(F)c1)C1=NS(=O)(=O)c2ccccc21. The number of hydrogen-bond acceptors (Lipinski definition) is 5. The third kappa shape index (κ3) is 4.97. The van der Waals surface area contributed by atoms with Crippen molar-refractivity contribution in [2.24, 2.45) is 4.40 Å². The Morgan fingerprint density at radius 3 is 2.41 bits per heavy atom. The molecule has 3 aromatic rings. The van der Waals surface area contributed by atoms with Gasteiger partial charge in [0.05, 0.1) is 18.2 Å². The molecule has 4 rings (SSSR count). The van der Waals surface area contributed by atoms with E-state index in [0.29, 0.717) is 16.7 Å². The molecule has 0 radical (unpaired) electrons. The zero-order valence-electron chi connectivity index (χ0n) is 18.3. The van der Waals surface area contributed by atoms with Gasteiger partial charge in [0, 0.05) is 25.7 Å². The maximum absolute atomic E-state index is 13.7. The number of benzene rings is 3. The lowest BCUT2D eigenvalue weighted by Crippen LogP contribution is -2.40. The van der Waals surface area contributed by atoms with E-state index in [1.807, 2.05) is 0 Å². The van der Waals surface area contributed by atoms with Crippen LogP contribution in [0, 0.1) is 17.1 Å². The molecule has 172 valence electrons. The summed E-state index contributed by atoms with van der Waals surface area (Å²) in [6, 6.07) is 21.4. The van der Waals surface area contributed by atoms with Crippen LogP contribution in [0.15, 0.2) is 82.1 Å². The highest BCUT2D eigenvalue weighted by atomic mass is 32.2. The average Bonchev–Trinajstić information content (AvgIpc) is 3.10. The van der Waals surface area contributed by atoms with Crippen molar-refractivity contribution in [1.82, 2.24) is 9.80 Å². The van der Waals surface area contributed by atoms with Crippen molar-refractivity contribution < 1.29 is 17.6 Å². The number of sulfonamides is 1. The van der Waals surface area contributed by atoms with Gasteiger partial charge in [-0.2, -0.15) is 13.7 Å². The minimum absolute atomic E-state index is 0.110. The van der Waals surface area contributed by atoms with E-state index in [0.717, 1.165) is 5.56 Å². The second kappa shape index (κ2) is 9.45. The first-order chi connectivity index (χ1) is 16.3. The minimum atomic E-state index is -3.81. The lowest BCUT2D eigenvalue weighted by molar-refractivity contribution is -0.132. The van der Waals surface area contributed by atoms with Gasteiger partial charge < -0.3 is 9.80 Å². The Morgan fingerprint density at radius 2 is 1.71 bits per heavy atom. The molecule has 0 bridgehead atoms. The number of amides is 1. The van der Waals surface area contributed by atoms with Crippen molar-refractivity contribution in [3.05, 3.63) is 101 Å². The zero-order valence-corrected chi connectivity index (χ0v) is 19.2. The molecule has 0 unspecified atom stereocenters. The summed E-state index contributed by atoms with van der Waals surface area (Å²) in [6.07, 6.45) is 0. The maximum atomic E-state index is 13.7. The summed E-state index contributed by atoms with van der Waals surface area (Å²) in [5.41, 5.74) is 2.38. The molecular weight excluding hydrogens is 455 g/mol. The van der Waals surface area contributed by atoms with Crippen LogP contribution in [0.3, 0.4) is 0 Å². The number of halogens is 1. The molecule has 0 spiro atoms. The van der Waals surface area contributed by atoms with Crippen molar-refractivity contribution in [2.45, 2.75) is 18.0 Å². The number of amidine groups is 1. The van der Waals surface area contributed by atoms with Gasteiger partial charge in [-0.05, 0) is 47.5 Å². The summed E-state index contributed by atoms with van der Waals surface area (Å²) in [4.78, 5) is 16.5. The van der Waals surface area contributed by atoms with E-state index in [1.165, 1.54) is 23.1 Å². The quantitative estimate of drug-likeness (QED) is 0.544. The predicted octanol–water partition coefficient (Wildman–Crippen LogP) is 3.31. The number of carbonyl (C=O) groups excluding carboxylic acids is 1. The van der Waals surface area contributed by atoms with Crippen molar-refractivity contribution in [2.75, 3.05) is 13.6 Å². The number of hydrogen-bond donors (Lipinski definition) is 0. The van der Waals surface area contributed by atoms with Crippen LogP contribution < -0.4 is 0 Å². The Hall–Kier alpha value is -4.03. The third-order valence-electron chi connectivity index (χ3n) is 5.42. The van der Waals surface area contributed by atoms with Gasteiger partial charge in [-0.15, -0.1) is 4.40 Å². The van der Waals surface area contributed by atoms with Crippen LogP contribution in [-0.4, -0.2) is 43.6 Å². The second-order valence-electron chi connectivity index (χ2n) is 7.93. The fraction of sp³-hybridized carbons (Fsp3) is 0.160. The van der Waals surface area contributed by atoms with Gasteiger partial charge in [0.15, 0.2) is 5.84 Å². The number of likely N-dealkylation sites (N-methyl/N-ethyl adjacent to an activating group) is 1. The van der Waals surface area contributed by atoms with Crippen molar-refractivity contribution >= 4 is 21.8 Å². The molecule has 0 atom stereocenters. The summed E-state index contributed by atoms with van der Waals surface area (Å²) in [6.45, 7) is 0.260. The van der Waals surface area contributed by atoms with E-state index < -0.39 is 15.8 Å². The first-order valence-electron chi connectivity index (χ1n) is 10.4. The van der Waals surface area contributed by atoms with Crippen molar-refractivity contribution in [3.8, 4) is 6.07 Å². The Morgan fingerprint density at radius 1 is 1.00 bits per heavy atom. The van der Waals surface area contributed by atoms with Gasteiger partial charge in [0.1, 0.15) is 10.7 Å². The summed E-state index contributed by atoms with van der Waals surface area (Å²) in [7, 11) is -2.20. The lowest BCUT2D eigenvalue weighted by atomic mass is 10.1. The van der Waals surface area contributed by atoms with Crippen LogP contribution in [0.2, 0.25) is 0 Å². The molecule has 3 aromatic carbocycles. The summed E-state index contributed by atoms with van der Waals surface area (Å²) >= 11 is 0. The molecule has 0 saturated heterocycles. The normalized spacial score (nSPS) is 13.5. The zero-order chi connectivity index (χ0) is 24.3. The minimum Gasteiger partial charge on any atom is -0.349 e.